The zero-order chi connectivity index (χ0) is 13.2. The standard InChI is InChI=1S/C15H21FN2O/c1-18-5-4-11(10-18)8-17-9-14-7-12-6-13(16)2-3-15(12)19-14/h2-3,6,11,14,17H,4-5,7-10H2,1H3. The number of hydrogen-bond acceptors (Lipinski definition) is 3. The summed E-state index contributed by atoms with van der Waals surface area (Å²) in [6, 6.07) is 4.78. The molecule has 2 atom stereocenters. The van der Waals surface area contributed by atoms with Crippen LogP contribution in [-0.4, -0.2) is 44.2 Å². The summed E-state index contributed by atoms with van der Waals surface area (Å²) in [5.41, 5.74) is 0.993. The fourth-order valence-corrected chi connectivity index (χ4v) is 3.04. The van der Waals surface area contributed by atoms with E-state index in [4.69, 9.17) is 4.74 Å². The second-order valence-electron chi connectivity index (χ2n) is 5.77. The molecule has 1 saturated heterocycles. The molecule has 2 unspecified atom stereocenters. The zero-order valence-electron chi connectivity index (χ0n) is 11.4. The summed E-state index contributed by atoms with van der Waals surface area (Å²) in [4.78, 5) is 2.37. The van der Waals surface area contributed by atoms with Crippen LogP contribution in [0.15, 0.2) is 18.2 Å². The number of ether oxygens (including phenoxy) is 1. The first-order valence-corrected chi connectivity index (χ1v) is 7.05. The van der Waals surface area contributed by atoms with Gasteiger partial charge in [0.25, 0.3) is 0 Å². The minimum Gasteiger partial charge on any atom is -0.488 e. The zero-order valence-corrected chi connectivity index (χ0v) is 11.4. The number of likely N-dealkylation sites (tertiary alicyclic amines) is 1. The number of rotatable bonds is 4. The van der Waals surface area contributed by atoms with Gasteiger partial charge in [0.2, 0.25) is 0 Å². The first kappa shape index (κ1) is 12.9. The molecule has 19 heavy (non-hydrogen) atoms. The van der Waals surface area contributed by atoms with Crippen molar-refractivity contribution in [2.45, 2.75) is 18.9 Å². The lowest BCUT2D eigenvalue weighted by Crippen LogP contribution is -2.34. The molecule has 0 aliphatic carbocycles. The van der Waals surface area contributed by atoms with Gasteiger partial charge >= 0.3 is 0 Å². The highest BCUT2D eigenvalue weighted by molar-refractivity contribution is 5.37. The summed E-state index contributed by atoms with van der Waals surface area (Å²) < 4.78 is 18.9. The Morgan fingerprint density at radius 1 is 1.42 bits per heavy atom. The van der Waals surface area contributed by atoms with Crippen LogP contribution < -0.4 is 10.1 Å². The van der Waals surface area contributed by atoms with Crippen molar-refractivity contribution in [3.8, 4) is 5.75 Å². The van der Waals surface area contributed by atoms with Crippen molar-refractivity contribution in [1.82, 2.24) is 10.2 Å². The third-order valence-corrected chi connectivity index (χ3v) is 4.06. The van der Waals surface area contributed by atoms with Crippen molar-refractivity contribution in [1.29, 1.82) is 0 Å². The molecule has 0 bridgehead atoms. The number of hydrogen-bond donors (Lipinski definition) is 1. The minimum absolute atomic E-state index is 0.149. The van der Waals surface area contributed by atoms with E-state index in [2.05, 4.69) is 17.3 Å². The van der Waals surface area contributed by atoms with Gasteiger partial charge in [0.05, 0.1) is 0 Å². The van der Waals surface area contributed by atoms with Crippen molar-refractivity contribution < 1.29 is 9.13 Å². The van der Waals surface area contributed by atoms with Crippen molar-refractivity contribution in [3.05, 3.63) is 29.6 Å². The summed E-state index contributed by atoms with van der Waals surface area (Å²) in [6.45, 7) is 4.28. The van der Waals surface area contributed by atoms with E-state index in [1.54, 1.807) is 12.1 Å². The molecule has 1 aromatic rings. The van der Waals surface area contributed by atoms with Crippen molar-refractivity contribution in [2.75, 3.05) is 33.2 Å². The summed E-state index contributed by atoms with van der Waals surface area (Å²) in [7, 11) is 2.17. The Hall–Kier alpha value is -1.13. The van der Waals surface area contributed by atoms with Crippen molar-refractivity contribution >= 4 is 0 Å². The first-order valence-electron chi connectivity index (χ1n) is 7.05. The number of nitrogens with zero attached hydrogens (tertiary/aromatic N) is 1. The lowest BCUT2D eigenvalue weighted by Gasteiger charge is -2.15. The molecule has 104 valence electrons. The van der Waals surface area contributed by atoms with Gasteiger partial charge in [-0.15, -0.1) is 0 Å². The molecule has 1 aromatic carbocycles. The largest absolute Gasteiger partial charge is 0.488 e. The van der Waals surface area contributed by atoms with Crippen molar-refractivity contribution in [3.63, 3.8) is 0 Å². The lowest BCUT2D eigenvalue weighted by atomic mass is 10.1. The molecule has 0 saturated carbocycles. The quantitative estimate of drug-likeness (QED) is 0.895. The molecule has 0 radical (unpaired) electrons. The summed E-state index contributed by atoms with van der Waals surface area (Å²) in [5.74, 6) is 1.42. The van der Waals surface area contributed by atoms with E-state index < -0.39 is 0 Å². The Bertz CT molecular complexity index is 452. The average molecular weight is 264 g/mol. The van der Waals surface area contributed by atoms with E-state index in [0.717, 1.165) is 36.7 Å². The highest BCUT2D eigenvalue weighted by Crippen LogP contribution is 2.28. The van der Waals surface area contributed by atoms with Crippen LogP contribution in [-0.2, 0) is 6.42 Å². The van der Waals surface area contributed by atoms with Gasteiger partial charge in [0, 0.05) is 25.1 Å². The van der Waals surface area contributed by atoms with Gasteiger partial charge in [-0.3, -0.25) is 0 Å². The third kappa shape index (κ3) is 3.07. The van der Waals surface area contributed by atoms with Gasteiger partial charge in [0.1, 0.15) is 17.7 Å². The SMILES string of the molecule is CN1CCC(CNCC2Cc3cc(F)ccc3O2)C1. The van der Waals surface area contributed by atoms with E-state index in [9.17, 15) is 4.39 Å². The van der Waals surface area contributed by atoms with Crippen LogP contribution in [0.5, 0.6) is 5.75 Å². The van der Waals surface area contributed by atoms with E-state index in [0.29, 0.717) is 0 Å². The Labute approximate surface area is 113 Å². The van der Waals surface area contributed by atoms with Crippen LogP contribution in [0, 0.1) is 11.7 Å². The molecular weight excluding hydrogens is 243 g/mol. The van der Waals surface area contributed by atoms with Crippen LogP contribution in [0.4, 0.5) is 4.39 Å². The first-order chi connectivity index (χ1) is 9.20. The second-order valence-corrected chi connectivity index (χ2v) is 5.77. The van der Waals surface area contributed by atoms with Crippen LogP contribution in [0.1, 0.15) is 12.0 Å². The molecule has 0 aromatic heterocycles. The lowest BCUT2D eigenvalue weighted by molar-refractivity contribution is 0.224. The normalized spacial score (nSPS) is 26.4. The molecule has 1 N–H and O–H groups in total. The number of fused-ring (bicyclic) bond motifs is 1. The number of halogens is 1. The minimum atomic E-state index is -0.176. The topological polar surface area (TPSA) is 24.5 Å². The maximum atomic E-state index is 13.1. The molecule has 0 amide bonds. The van der Waals surface area contributed by atoms with Gasteiger partial charge < -0.3 is 15.0 Å². The number of nitrogens with one attached hydrogen (secondary N) is 1. The maximum absolute atomic E-state index is 13.1. The highest BCUT2D eigenvalue weighted by Gasteiger charge is 2.24. The van der Waals surface area contributed by atoms with Gasteiger partial charge in [-0.25, -0.2) is 4.39 Å². The van der Waals surface area contributed by atoms with Gasteiger partial charge in [-0.1, -0.05) is 0 Å². The van der Waals surface area contributed by atoms with Gasteiger partial charge in [-0.2, -0.15) is 0 Å². The molecular formula is C15H21FN2O. The molecule has 3 nitrogen and oxygen atoms in total. The summed E-state index contributed by atoms with van der Waals surface area (Å²) in [6.07, 6.45) is 2.24. The number of benzene rings is 1. The monoisotopic (exact) mass is 264 g/mol. The molecule has 2 aliphatic heterocycles. The Morgan fingerprint density at radius 3 is 3.11 bits per heavy atom. The Balaban J connectivity index is 1.43. The fraction of sp³-hybridized carbons (Fsp3) is 0.600. The van der Waals surface area contributed by atoms with E-state index in [1.165, 1.54) is 25.6 Å². The molecule has 2 aliphatic rings. The van der Waals surface area contributed by atoms with Gasteiger partial charge in [0.15, 0.2) is 0 Å². The van der Waals surface area contributed by atoms with Crippen LogP contribution in [0.3, 0.4) is 0 Å². The van der Waals surface area contributed by atoms with Crippen LogP contribution in [0.25, 0.3) is 0 Å². The highest BCUT2D eigenvalue weighted by atomic mass is 19.1. The summed E-state index contributed by atoms with van der Waals surface area (Å²) in [5, 5.41) is 3.49. The molecule has 2 heterocycles. The van der Waals surface area contributed by atoms with Crippen LogP contribution in [0.2, 0.25) is 0 Å². The average Bonchev–Trinajstić information content (AvgIpc) is 2.95. The Morgan fingerprint density at radius 2 is 2.32 bits per heavy atom. The molecule has 1 fully saturated rings. The third-order valence-electron chi connectivity index (χ3n) is 4.06. The molecule has 4 heteroatoms. The predicted molar refractivity (Wildman–Crippen MR) is 73.0 cm³/mol. The van der Waals surface area contributed by atoms with E-state index in [-0.39, 0.29) is 11.9 Å². The van der Waals surface area contributed by atoms with Crippen molar-refractivity contribution in [2.24, 2.45) is 5.92 Å². The van der Waals surface area contributed by atoms with E-state index in [1.807, 2.05) is 0 Å². The second kappa shape index (κ2) is 5.47. The maximum Gasteiger partial charge on any atom is 0.123 e. The Kier molecular flexibility index (Phi) is 3.71. The van der Waals surface area contributed by atoms with Crippen LogP contribution >= 0.6 is 0 Å². The van der Waals surface area contributed by atoms with Gasteiger partial charge in [-0.05, 0) is 50.7 Å². The smallest absolute Gasteiger partial charge is 0.123 e. The fourth-order valence-electron chi connectivity index (χ4n) is 3.04. The molecule has 0 spiro atoms. The van der Waals surface area contributed by atoms with E-state index >= 15 is 0 Å². The molecule has 3 rings (SSSR count). The predicted octanol–water partition coefficient (Wildman–Crippen LogP) is 1.67. The summed E-state index contributed by atoms with van der Waals surface area (Å²) >= 11 is 0.